The van der Waals surface area contributed by atoms with E-state index >= 15 is 0 Å². The summed E-state index contributed by atoms with van der Waals surface area (Å²) in [5.41, 5.74) is 3.46. The first-order chi connectivity index (χ1) is 12.3. The van der Waals surface area contributed by atoms with Crippen molar-refractivity contribution in [3.05, 3.63) is 35.4 Å². The molecule has 0 saturated heterocycles. The molecule has 0 N–H and O–H groups in total. The molecule has 1 aromatic rings. The zero-order valence-electron chi connectivity index (χ0n) is 16.6. The predicted molar refractivity (Wildman–Crippen MR) is 108 cm³/mol. The molecule has 0 aromatic heterocycles. The number of fused-ring (bicyclic) bond motifs is 1. The zero-order chi connectivity index (χ0) is 17.2. The van der Waals surface area contributed by atoms with Crippen LogP contribution in [0.15, 0.2) is 24.3 Å². The molecule has 0 aliphatic heterocycles. The van der Waals surface area contributed by atoms with Crippen LogP contribution in [0.3, 0.4) is 0 Å². The van der Waals surface area contributed by atoms with Gasteiger partial charge in [-0.3, -0.25) is 0 Å². The summed E-state index contributed by atoms with van der Waals surface area (Å²) in [5, 5.41) is 0. The van der Waals surface area contributed by atoms with Crippen molar-refractivity contribution in [1.82, 2.24) is 0 Å². The Morgan fingerprint density at radius 1 is 0.800 bits per heavy atom. The van der Waals surface area contributed by atoms with Gasteiger partial charge in [-0.2, -0.15) is 0 Å². The summed E-state index contributed by atoms with van der Waals surface area (Å²) in [5.74, 6) is 5.85. The van der Waals surface area contributed by atoms with Crippen molar-refractivity contribution in [2.45, 2.75) is 90.4 Å². The van der Waals surface area contributed by atoms with Crippen LogP contribution >= 0.6 is 0 Å². The van der Waals surface area contributed by atoms with Gasteiger partial charge in [0.2, 0.25) is 0 Å². The van der Waals surface area contributed by atoms with Gasteiger partial charge in [-0.25, -0.2) is 0 Å². The Kier molecular flexibility index (Phi) is 5.53. The summed E-state index contributed by atoms with van der Waals surface area (Å²) in [6.07, 6.45) is 16.1. The molecule has 3 aliphatic carbocycles. The largest absolute Gasteiger partial charge is 0.0651 e. The highest BCUT2D eigenvalue weighted by atomic mass is 14.4. The lowest BCUT2D eigenvalue weighted by atomic mass is 9.75. The zero-order valence-corrected chi connectivity index (χ0v) is 16.6. The highest BCUT2D eigenvalue weighted by Crippen LogP contribution is 2.50. The van der Waals surface area contributed by atoms with Crippen molar-refractivity contribution in [2.75, 3.05) is 0 Å². The van der Waals surface area contributed by atoms with Crippen molar-refractivity contribution in [3.63, 3.8) is 0 Å². The summed E-state index contributed by atoms with van der Waals surface area (Å²) in [4.78, 5) is 0. The molecule has 25 heavy (non-hydrogen) atoms. The van der Waals surface area contributed by atoms with E-state index in [2.05, 4.69) is 38.1 Å². The summed E-state index contributed by atoms with van der Waals surface area (Å²) in [6, 6.07) is 9.59. The minimum Gasteiger partial charge on any atom is -0.0651 e. The highest BCUT2D eigenvalue weighted by Gasteiger charge is 2.39. The molecule has 138 valence electrons. The average Bonchev–Trinajstić information content (AvgIpc) is 3.26. The fourth-order valence-electron chi connectivity index (χ4n) is 7.14. The van der Waals surface area contributed by atoms with Gasteiger partial charge < -0.3 is 0 Å². The lowest BCUT2D eigenvalue weighted by Gasteiger charge is -2.31. The van der Waals surface area contributed by atoms with Crippen LogP contribution in [-0.4, -0.2) is 0 Å². The van der Waals surface area contributed by atoms with E-state index in [0.29, 0.717) is 0 Å². The second-order valence-corrected chi connectivity index (χ2v) is 9.37. The Labute approximate surface area is 155 Å². The van der Waals surface area contributed by atoms with Crippen LogP contribution in [0.2, 0.25) is 0 Å². The second kappa shape index (κ2) is 7.85. The fraction of sp³-hybridized carbons (Fsp3) is 0.760. The molecule has 3 aliphatic rings. The number of rotatable bonds is 5. The van der Waals surface area contributed by atoms with E-state index in [1.807, 2.05) is 0 Å². The lowest BCUT2D eigenvalue weighted by molar-refractivity contribution is 0.227. The molecule has 0 nitrogen and oxygen atoms in total. The third-order valence-corrected chi connectivity index (χ3v) is 8.38. The molecule has 3 fully saturated rings. The van der Waals surface area contributed by atoms with Crippen LogP contribution in [0, 0.1) is 29.6 Å². The standard InChI is InChI=1S/C25H38/c1-3-18-15-16-25(22(18)4-2)24-12-8-6-10-20(24)17-21-14-13-19-9-5-7-11-23(19)21/h6,8,10,12,18-19,21-23,25H,3-5,7,9,11,13-17H2,1-2H3/t18-,19-,21?,22?,23?,25?/m1/s1. The smallest absolute Gasteiger partial charge is 0.0128 e. The molecular weight excluding hydrogens is 300 g/mol. The van der Waals surface area contributed by atoms with Gasteiger partial charge >= 0.3 is 0 Å². The van der Waals surface area contributed by atoms with E-state index in [9.17, 15) is 0 Å². The molecule has 0 heteroatoms. The van der Waals surface area contributed by atoms with Crippen molar-refractivity contribution < 1.29 is 0 Å². The minimum absolute atomic E-state index is 0.842. The summed E-state index contributed by atoms with van der Waals surface area (Å²) in [6.45, 7) is 4.83. The van der Waals surface area contributed by atoms with E-state index in [4.69, 9.17) is 0 Å². The van der Waals surface area contributed by atoms with Crippen LogP contribution in [0.1, 0.15) is 95.1 Å². The van der Waals surface area contributed by atoms with Crippen LogP contribution < -0.4 is 0 Å². The average molecular weight is 339 g/mol. The van der Waals surface area contributed by atoms with Crippen molar-refractivity contribution in [2.24, 2.45) is 29.6 Å². The predicted octanol–water partition coefficient (Wildman–Crippen LogP) is 7.38. The first kappa shape index (κ1) is 17.6. The SMILES string of the molecule is CCC1C(c2ccccc2CC2CC[C@H]3CCCCC23)CC[C@H]1CC. The van der Waals surface area contributed by atoms with E-state index in [0.717, 1.165) is 35.5 Å². The topological polar surface area (TPSA) is 0 Å². The summed E-state index contributed by atoms with van der Waals surface area (Å²) < 4.78 is 0. The fourth-order valence-corrected chi connectivity index (χ4v) is 7.14. The van der Waals surface area contributed by atoms with Crippen molar-refractivity contribution >= 4 is 0 Å². The Hall–Kier alpha value is -0.780. The van der Waals surface area contributed by atoms with Crippen LogP contribution in [0.4, 0.5) is 0 Å². The molecule has 3 saturated carbocycles. The van der Waals surface area contributed by atoms with Gasteiger partial charge in [0.05, 0.1) is 0 Å². The molecule has 0 heterocycles. The van der Waals surface area contributed by atoms with Crippen LogP contribution in [0.5, 0.6) is 0 Å². The van der Waals surface area contributed by atoms with Crippen LogP contribution in [-0.2, 0) is 6.42 Å². The number of hydrogen-bond acceptors (Lipinski definition) is 0. The monoisotopic (exact) mass is 338 g/mol. The lowest BCUT2D eigenvalue weighted by Crippen LogP contribution is -2.21. The third-order valence-electron chi connectivity index (χ3n) is 8.38. The Morgan fingerprint density at radius 3 is 2.44 bits per heavy atom. The first-order valence-electron chi connectivity index (χ1n) is 11.4. The first-order valence-corrected chi connectivity index (χ1v) is 11.4. The number of hydrogen-bond donors (Lipinski definition) is 0. The molecule has 0 bridgehead atoms. The Morgan fingerprint density at radius 2 is 1.60 bits per heavy atom. The van der Waals surface area contributed by atoms with Gasteiger partial charge in [0.1, 0.15) is 0 Å². The summed E-state index contributed by atoms with van der Waals surface area (Å²) in [7, 11) is 0. The molecule has 4 unspecified atom stereocenters. The van der Waals surface area contributed by atoms with Gasteiger partial charge in [0.15, 0.2) is 0 Å². The third kappa shape index (κ3) is 3.43. The van der Waals surface area contributed by atoms with E-state index in [1.165, 1.54) is 70.6 Å². The van der Waals surface area contributed by atoms with E-state index in [-0.39, 0.29) is 0 Å². The minimum atomic E-state index is 0.842. The maximum atomic E-state index is 2.49. The maximum Gasteiger partial charge on any atom is -0.0128 e. The molecule has 6 atom stereocenters. The van der Waals surface area contributed by atoms with E-state index < -0.39 is 0 Å². The summed E-state index contributed by atoms with van der Waals surface area (Å²) >= 11 is 0. The molecule has 0 amide bonds. The Bertz CT molecular complexity index is 559. The molecule has 0 spiro atoms. The second-order valence-electron chi connectivity index (χ2n) is 9.37. The quantitative estimate of drug-likeness (QED) is 0.525. The van der Waals surface area contributed by atoms with Crippen molar-refractivity contribution in [1.29, 1.82) is 0 Å². The molecule has 4 rings (SSSR count). The molecular formula is C25H38. The normalized spacial score (nSPS) is 38.0. The maximum absolute atomic E-state index is 2.49. The van der Waals surface area contributed by atoms with Gasteiger partial charge in [-0.15, -0.1) is 0 Å². The van der Waals surface area contributed by atoms with E-state index in [1.54, 1.807) is 11.1 Å². The number of benzene rings is 1. The molecule has 1 aromatic carbocycles. The highest BCUT2D eigenvalue weighted by molar-refractivity contribution is 5.32. The molecule has 0 radical (unpaired) electrons. The van der Waals surface area contributed by atoms with Gasteiger partial charge in [0, 0.05) is 0 Å². The van der Waals surface area contributed by atoms with Gasteiger partial charge in [-0.05, 0) is 85.2 Å². The van der Waals surface area contributed by atoms with Gasteiger partial charge in [0.25, 0.3) is 0 Å². The van der Waals surface area contributed by atoms with Gasteiger partial charge in [-0.1, -0.05) is 70.2 Å². The van der Waals surface area contributed by atoms with Crippen LogP contribution in [0.25, 0.3) is 0 Å². The van der Waals surface area contributed by atoms with Crippen molar-refractivity contribution in [3.8, 4) is 0 Å². The Balaban J connectivity index is 1.53.